The lowest BCUT2D eigenvalue weighted by Crippen LogP contribution is -2.38. The quantitative estimate of drug-likeness (QED) is 0.815. The fourth-order valence-electron chi connectivity index (χ4n) is 2.74. The normalized spacial score (nSPS) is 20.1. The molecule has 1 aromatic carbocycles. The number of benzene rings is 1. The Morgan fingerprint density at radius 1 is 1.50 bits per heavy atom. The Labute approximate surface area is 122 Å². The molecule has 0 saturated carbocycles. The summed E-state index contributed by atoms with van der Waals surface area (Å²) in [5.74, 6) is -0.0675. The number of carbonyl (C=O) groups is 1. The third-order valence-electron chi connectivity index (χ3n) is 3.74. The van der Waals surface area contributed by atoms with E-state index in [1.54, 1.807) is 11.3 Å². The molecule has 2 heterocycles. The number of piperidine rings is 1. The molecular formula is C15H18N2O2S. The maximum absolute atomic E-state index is 11.6. The van der Waals surface area contributed by atoms with E-state index in [9.17, 15) is 4.79 Å². The van der Waals surface area contributed by atoms with Crippen LogP contribution in [0.5, 0.6) is 0 Å². The van der Waals surface area contributed by atoms with Gasteiger partial charge < -0.3 is 4.74 Å². The first-order valence-electron chi connectivity index (χ1n) is 6.91. The second-order valence-corrected chi connectivity index (χ2v) is 6.29. The summed E-state index contributed by atoms with van der Waals surface area (Å²) in [4.78, 5) is 18.6. The van der Waals surface area contributed by atoms with E-state index < -0.39 is 0 Å². The van der Waals surface area contributed by atoms with E-state index in [-0.39, 0.29) is 11.9 Å². The molecule has 1 aliphatic rings. The average molecular weight is 290 g/mol. The number of carbonyl (C=O) groups excluding carboxylic acids is 1. The molecule has 3 rings (SSSR count). The van der Waals surface area contributed by atoms with Gasteiger partial charge in [-0.2, -0.15) is 0 Å². The van der Waals surface area contributed by atoms with Crippen molar-refractivity contribution in [3.8, 4) is 0 Å². The van der Waals surface area contributed by atoms with Gasteiger partial charge in [-0.15, -0.1) is 11.3 Å². The van der Waals surface area contributed by atoms with E-state index in [2.05, 4.69) is 16.0 Å². The summed E-state index contributed by atoms with van der Waals surface area (Å²) in [7, 11) is 1.47. The Morgan fingerprint density at radius 3 is 3.15 bits per heavy atom. The zero-order valence-corrected chi connectivity index (χ0v) is 12.4. The summed E-state index contributed by atoms with van der Waals surface area (Å²) in [5, 5.41) is 1.12. The van der Waals surface area contributed by atoms with Crippen molar-refractivity contribution in [3.63, 3.8) is 0 Å². The Balaban J connectivity index is 1.69. The topological polar surface area (TPSA) is 42.4 Å². The highest BCUT2D eigenvalue weighted by Crippen LogP contribution is 2.25. The summed E-state index contributed by atoms with van der Waals surface area (Å²) in [6.07, 6.45) is 1.98. The van der Waals surface area contributed by atoms with Gasteiger partial charge in [0.05, 0.1) is 29.8 Å². The van der Waals surface area contributed by atoms with Gasteiger partial charge in [-0.25, -0.2) is 4.98 Å². The zero-order chi connectivity index (χ0) is 13.9. The van der Waals surface area contributed by atoms with Crippen LogP contribution >= 0.6 is 11.3 Å². The number of ether oxygens (including phenoxy) is 1. The molecule has 0 aliphatic carbocycles. The van der Waals surface area contributed by atoms with Gasteiger partial charge in [-0.3, -0.25) is 9.69 Å². The van der Waals surface area contributed by atoms with Crippen molar-refractivity contribution in [1.29, 1.82) is 0 Å². The van der Waals surface area contributed by atoms with Crippen LogP contribution in [-0.4, -0.2) is 36.1 Å². The van der Waals surface area contributed by atoms with Gasteiger partial charge in [0.1, 0.15) is 5.01 Å². The zero-order valence-electron chi connectivity index (χ0n) is 11.5. The van der Waals surface area contributed by atoms with Gasteiger partial charge in [0.25, 0.3) is 0 Å². The molecule has 0 radical (unpaired) electrons. The van der Waals surface area contributed by atoms with Crippen LogP contribution in [0.3, 0.4) is 0 Å². The Kier molecular flexibility index (Phi) is 3.98. The van der Waals surface area contributed by atoms with Gasteiger partial charge in [0.2, 0.25) is 0 Å². The number of likely N-dealkylation sites (tertiary alicyclic amines) is 1. The third kappa shape index (κ3) is 2.83. The summed E-state index contributed by atoms with van der Waals surface area (Å²) in [6.45, 7) is 2.64. The van der Waals surface area contributed by atoms with E-state index >= 15 is 0 Å². The minimum atomic E-state index is -0.0843. The molecule has 1 aliphatic heterocycles. The summed E-state index contributed by atoms with van der Waals surface area (Å²) in [5.41, 5.74) is 1.06. The molecule has 1 fully saturated rings. The molecule has 0 unspecified atom stereocenters. The summed E-state index contributed by atoms with van der Waals surface area (Å²) >= 11 is 1.74. The molecule has 1 saturated heterocycles. The van der Waals surface area contributed by atoms with E-state index in [0.29, 0.717) is 0 Å². The number of methoxy groups -OCH3 is 1. The highest BCUT2D eigenvalue weighted by molar-refractivity contribution is 7.18. The van der Waals surface area contributed by atoms with Gasteiger partial charge in [0, 0.05) is 6.54 Å². The number of nitrogens with zero attached hydrogens (tertiary/aromatic N) is 2. The lowest BCUT2D eigenvalue weighted by Gasteiger charge is -2.30. The molecule has 0 bridgehead atoms. The minimum Gasteiger partial charge on any atom is -0.469 e. The van der Waals surface area contributed by atoms with Crippen LogP contribution in [0.25, 0.3) is 10.2 Å². The molecule has 2 aromatic rings. The molecule has 0 amide bonds. The van der Waals surface area contributed by atoms with Gasteiger partial charge in [-0.05, 0) is 31.5 Å². The molecular weight excluding hydrogens is 272 g/mol. The van der Waals surface area contributed by atoms with Gasteiger partial charge in [0.15, 0.2) is 0 Å². The highest BCUT2D eigenvalue weighted by atomic mass is 32.1. The Bertz CT molecular complexity index is 578. The van der Waals surface area contributed by atoms with Crippen LogP contribution in [0, 0.1) is 5.92 Å². The monoisotopic (exact) mass is 290 g/mol. The second-order valence-electron chi connectivity index (χ2n) is 5.17. The van der Waals surface area contributed by atoms with Crippen molar-refractivity contribution >= 4 is 27.5 Å². The number of aromatic nitrogens is 1. The first-order valence-corrected chi connectivity index (χ1v) is 7.72. The number of hydrogen-bond donors (Lipinski definition) is 0. The van der Waals surface area contributed by atoms with Crippen molar-refractivity contribution in [3.05, 3.63) is 29.3 Å². The minimum absolute atomic E-state index is 0.0168. The predicted molar refractivity (Wildman–Crippen MR) is 79.6 cm³/mol. The van der Waals surface area contributed by atoms with E-state index in [1.807, 2.05) is 18.2 Å². The lowest BCUT2D eigenvalue weighted by atomic mass is 9.98. The fourth-order valence-corrected chi connectivity index (χ4v) is 3.75. The molecule has 106 valence electrons. The summed E-state index contributed by atoms with van der Waals surface area (Å²) < 4.78 is 6.08. The maximum Gasteiger partial charge on any atom is 0.309 e. The fraction of sp³-hybridized carbons (Fsp3) is 0.467. The number of para-hydroxylation sites is 1. The van der Waals surface area contributed by atoms with Crippen LogP contribution in [-0.2, 0) is 16.1 Å². The molecule has 20 heavy (non-hydrogen) atoms. The van der Waals surface area contributed by atoms with Crippen molar-refractivity contribution in [2.75, 3.05) is 20.2 Å². The highest BCUT2D eigenvalue weighted by Gasteiger charge is 2.26. The van der Waals surface area contributed by atoms with E-state index in [0.717, 1.165) is 43.0 Å². The number of fused-ring (bicyclic) bond motifs is 1. The molecule has 5 heteroatoms. The van der Waals surface area contributed by atoms with E-state index in [1.165, 1.54) is 11.8 Å². The van der Waals surface area contributed by atoms with Crippen molar-refractivity contribution in [2.24, 2.45) is 5.92 Å². The van der Waals surface area contributed by atoms with E-state index in [4.69, 9.17) is 4.74 Å². The second kappa shape index (κ2) is 5.89. The smallest absolute Gasteiger partial charge is 0.309 e. The predicted octanol–water partition coefficient (Wildman–Crippen LogP) is 2.68. The third-order valence-corrected chi connectivity index (χ3v) is 4.76. The summed E-state index contributed by atoms with van der Waals surface area (Å²) in [6, 6.07) is 8.20. The van der Waals surface area contributed by atoms with Crippen molar-refractivity contribution in [2.45, 2.75) is 19.4 Å². The van der Waals surface area contributed by atoms with Crippen LogP contribution in [0.4, 0.5) is 0 Å². The number of thiazole rings is 1. The van der Waals surface area contributed by atoms with Crippen LogP contribution in [0.2, 0.25) is 0 Å². The first kappa shape index (κ1) is 13.5. The van der Waals surface area contributed by atoms with Gasteiger partial charge >= 0.3 is 5.97 Å². The van der Waals surface area contributed by atoms with Crippen molar-refractivity contribution < 1.29 is 9.53 Å². The lowest BCUT2D eigenvalue weighted by molar-refractivity contribution is -0.147. The standard InChI is InChI=1S/C15H18N2O2S/c1-19-15(18)11-5-4-8-17(9-11)10-14-16-12-6-2-3-7-13(12)20-14/h2-3,6-7,11H,4-5,8-10H2,1H3/t11-/m0/s1. The molecule has 0 N–H and O–H groups in total. The van der Waals surface area contributed by atoms with Crippen molar-refractivity contribution in [1.82, 2.24) is 9.88 Å². The number of esters is 1. The largest absolute Gasteiger partial charge is 0.469 e. The molecule has 4 nitrogen and oxygen atoms in total. The Hall–Kier alpha value is -1.46. The average Bonchev–Trinajstić information content (AvgIpc) is 2.88. The first-order chi connectivity index (χ1) is 9.76. The molecule has 1 aromatic heterocycles. The molecule has 1 atom stereocenters. The van der Waals surface area contributed by atoms with Crippen LogP contribution in [0.1, 0.15) is 17.8 Å². The maximum atomic E-state index is 11.6. The number of hydrogen-bond acceptors (Lipinski definition) is 5. The molecule has 0 spiro atoms. The Morgan fingerprint density at radius 2 is 2.35 bits per heavy atom. The SMILES string of the molecule is COC(=O)[C@H]1CCCN(Cc2nc3ccccc3s2)C1. The van der Waals surface area contributed by atoms with Crippen LogP contribution in [0.15, 0.2) is 24.3 Å². The van der Waals surface area contributed by atoms with Gasteiger partial charge in [-0.1, -0.05) is 12.1 Å². The van der Waals surface area contributed by atoms with Crippen LogP contribution < -0.4 is 0 Å². The number of rotatable bonds is 3.